The number of carbonyl (C=O) groups excluding carboxylic acids is 4. The maximum Gasteiger partial charge on any atom is 0.335 e. The number of hydrogen-bond donors (Lipinski definition) is 2. The summed E-state index contributed by atoms with van der Waals surface area (Å²) in [6.07, 6.45) is 1.27. The Bertz CT molecular complexity index is 1480. The van der Waals surface area contributed by atoms with Gasteiger partial charge in [0.1, 0.15) is 5.57 Å². The molecule has 3 aromatic carbocycles. The molecular formula is C27H20BrCl2N3O5. The van der Waals surface area contributed by atoms with Gasteiger partial charge >= 0.3 is 6.03 Å². The minimum Gasteiger partial charge on any atom is -0.481 e. The second kappa shape index (κ2) is 11.4. The largest absolute Gasteiger partial charge is 0.481 e. The Kier molecular flexibility index (Phi) is 8.20. The van der Waals surface area contributed by atoms with Crippen LogP contribution in [-0.2, 0) is 14.4 Å². The highest BCUT2D eigenvalue weighted by Gasteiger charge is 2.36. The first-order chi connectivity index (χ1) is 18.0. The topological polar surface area (TPSA) is 105 Å². The lowest BCUT2D eigenvalue weighted by Crippen LogP contribution is -2.54. The van der Waals surface area contributed by atoms with Crippen molar-refractivity contribution in [3.8, 4) is 5.75 Å². The number of amides is 5. The summed E-state index contributed by atoms with van der Waals surface area (Å²) < 4.78 is 6.31. The summed E-state index contributed by atoms with van der Waals surface area (Å²) in [6.45, 7) is 3.45. The molecule has 4 rings (SSSR count). The van der Waals surface area contributed by atoms with Crippen LogP contribution in [0.2, 0.25) is 10.0 Å². The summed E-state index contributed by atoms with van der Waals surface area (Å²) >= 11 is 16.0. The SMILES string of the molecule is Cc1ccc(C)c(NC(=O)COc2c(Cl)cc(/C=C3\C(=O)NC(=O)N(c4ccc(Br)cc4)C3=O)cc2Cl)c1. The predicted octanol–water partition coefficient (Wildman–Crippen LogP) is 6.06. The van der Waals surface area contributed by atoms with E-state index in [-0.39, 0.29) is 33.7 Å². The second-order valence-corrected chi connectivity index (χ2v) is 10.1. The van der Waals surface area contributed by atoms with Gasteiger partial charge in [0.05, 0.1) is 15.7 Å². The fourth-order valence-corrected chi connectivity index (χ4v) is 4.52. The molecular weight excluding hydrogens is 597 g/mol. The Morgan fingerprint density at radius 3 is 2.34 bits per heavy atom. The number of anilines is 2. The molecule has 0 aromatic heterocycles. The second-order valence-electron chi connectivity index (χ2n) is 8.40. The highest BCUT2D eigenvalue weighted by Crippen LogP contribution is 2.35. The van der Waals surface area contributed by atoms with E-state index in [4.69, 9.17) is 27.9 Å². The van der Waals surface area contributed by atoms with Gasteiger partial charge in [-0.3, -0.25) is 19.7 Å². The maximum absolute atomic E-state index is 13.1. The minimum absolute atomic E-state index is 0.0633. The maximum atomic E-state index is 13.1. The molecule has 0 radical (unpaired) electrons. The van der Waals surface area contributed by atoms with Gasteiger partial charge in [0.2, 0.25) is 0 Å². The van der Waals surface area contributed by atoms with Gasteiger partial charge in [-0.25, -0.2) is 9.69 Å². The fraction of sp³-hybridized carbons (Fsp3) is 0.111. The van der Waals surface area contributed by atoms with Crippen LogP contribution in [0.3, 0.4) is 0 Å². The van der Waals surface area contributed by atoms with E-state index < -0.39 is 23.8 Å². The molecule has 0 atom stereocenters. The number of nitrogens with zero attached hydrogens (tertiary/aromatic N) is 1. The lowest BCUT2D eigenvalue weighted by Gasteiger charge is -2.26. The van der Waals surface area contributed by atoms with Gasteiger partial charge in [-0.05, 0) is 79.1 Å². The Morgan fingerprint density at radius 1 is 1.03 bits per heavy atom. The van der Waals surface area contributed by atoms with Gasteiger partial charge in [0.15, 0.2) is 12.4 Å². The molecule has 0 bridgehead atoms. The smallest absolute Gasteiger partial charge is 0.335 e. The summed E-state index contributed by atoms with van der Waals surface area (Å²) in [6, 6.07) is 14.1. The van der Waals surface area contributed by atoms with E-state index >= 15 is 0 Å². The van der Waals surface area contributed by atoms with Gasteiger partial charge in [-0.1, -0.05) is 51.3 Å². The van der Waals surface area contributed by atoms with Crippen molar-refractivity contribution in [3.05, 3.63) is 91.4 Å². The standard InChI is InChI=1S/C27H20BrCl2N3O5/c1-14-3-4-15(2)22(9-14)31-23(34)13-38-24-20(29)11-16(12-21(24)30)10-19-25(35)32-27(37)33(26(19)36)18-7-5-17(28)6-8-18/h3-12H,13H2,1-2H3,(H,31,34)(H,32,35,37)/b19-10+. The van der Waals surface area contributed by atoms with Crippen molar-refractivity contribution in [1.29, 1.82) is 0 Å². The Morgan fingerprint density at radius 2 is 1.68 bits per heavy atom. The molecule has 0 spiro atoms. The zero-order valence-corrected chi connectivity index (χ0v) is 23.2. The van der Waals surface area contributed by atoms with Crippen LogP contribution < -0.4 is 20.3 Å². The monoisotopic (exact) mass is 615 g/mol. The number of halogens is 3. The molecule has 5 amide bonds. The lowest BCUT2D eigenvalue weighted by atomic mass is 10.1. The van der Waals surface area contributed by atoms with Gasteiger partial charge in [0, 0.05) is 10.2 Å². The van der Waals surface area contributed by atoms with E-state index in [1.165, 1.54) is 18.2 Å². The first-order valence-corrected chi connectivity index (χ1v) is 12.7. The van der Waals surface area contributed by atoms with Gasteiger partial charge in [-0.2, -0.15) is 0 Å². The molecule has 1 aliphatic rings. The Balaban J connectivity index is 1.52. The molecule has 1 aliphatic heterocycles. The third-order valence-electron chi connectivity index (χ3n) is 5.53. The van der Waals surface area contributed by atoms with Crippen LogP contribution in [0.25, 0.3) is 6.08 Å². The van der Waals surface area contributed by atoms with Crippen molar-refractivity contribution in [2.45, 2.75) is 13.8 Å². The molecule has 2 N–H and O–H groups in total. The number of rotatable bonds is 6. The van der Waals surface area contributed by atoms with Crippen molar-refractivity contribution in [2.75, 3.05) is 16.8 Å². The minimum atomic E-state index is -0.863. The quantitative estimate of drug-likeness (QED) is 0.259. The number of benzene rings is 3. The summed E-state index contributed by atoms with van der Waals surface area (Å²) in [5.74, 6) is -2.00. The van der Waals surface area contributed by atoms with E-state index in [0.717, 1.165) is 20.5 Å². The molecule has 194 valence electrons. The third-order valence-corrected chi connectivity index (χ3v) is 6.62. The van der Waals surface area contributed by atoms with E-state index in [9.17, 15) is 19.2 Å². The average molecular weight is 617 g/mol. The molecule has 0 unspecified atom stereocenters. The molecule has 38 heavy (non-hydrogen) atoms. The molecule has 1 saturated heterocycles. The van der Waals surface area contributed by atoms with Crippen LogP contribution in [0.5, 0.6) is 5.75 Å². The highest BCUT2D eigenvalue weighted by molar-refractivity contribution is 9.10. The third kappa shape index (κ3) is 6.07. The number of urea groups is 1. The van der Waals surface area contributed by atoms with Gasteiger partial charge < -0.3 is 10.1 Å². The number of ether oxygens (including phenoxy) is 1. The van der Waals surface area contributed by atoms with Crippen LogP contribution in [0, 0.1) is 13.8 Å². The molecule has 0 aliphatic carbocycles. The van der Waals surface area contributed by atoms with Crippen LogP contribution in [-0.4, -0.2) is 30.4 Å². The Labute approximate surface area is 236 Å². The number of hydrogen-bond acceptors (Lipinski definition) is 5. The normalized spacial score (nSPS) is 14.5. The lowest BCUT2D eigenvalue weighted by molar-refractivity contribution is -0.122. The summed E-state index contributed by atoms with van der Waals surface area (Å²) in [5.41, 5.74) is 2.88. The molecule has 0 saturated carbocycles. The summed E-state index contributed by atoms with van der Waals surface area (Å²) in [4.78, 5) is 51.2. The Hall–Kier alpha value is -3.66. The van der Waals surface area contributed by atoms with Crippen molar-refractivity contribution in [1.82, 2.24) is 5.32 Å². The van der Waals surface area contributed by atoms with E-state index in [1.807, 2.05) is 32.0 Å². The van der Waals surface area contributed by atoms with Gasteiger partial charge in [0.25, 0.3) is 17.7 Å². The number of nitrogens with one attached hydrogen (secondary N) is 2. The highest BCUT2D eigenvalue weighted by atomic mass is 79.9. The van der Waals surface area contributed by atoms with Crippen molar-refractivity contribution in [3.63, 3.8) is 0 Å². The van der Waals surface area contributed by atoms with E-state index in [2.05, 4.69) is 26.6 Å². The molecule has 3 aromatic rings. The number of imide groups is 2. The predicted molar refractivity (Wildman–Crippen MR) is 150 cm³/mol. The van der Waals surface area contributed by atoms with Crippen LogP contribution >= 0.6 is 39.1 Å². The molecule has 1 fully saturated rings. The first kappa shape index (κ1) is 27.4. The van der Waals surface area contributed by atoms with E-state index in [1.54, 1.807) is 24.3 Å². The number of aryl methyl sites for hydroxylation is 2. The number of barbiturate groups is 1. The van der Waals surface area contributed by atoms with Crippen LogP contribution in [0.4, 0.5) is 16.2 Å². The molecule has 1 heterocycles. The number of carbonyl (C=O) groups is 4. The molecule has 11 heteroatoms. The molecule has 8 nitrogen and oxygen atoms in total. The van der Waals surface area contributed by atoms with Crippen LogP contribution in [0.15, 0.2) is 64.6 Å². The summed E-state index contributed by atoms with van der Waals surface area (Å²) in [5, 5.41) is 5.07. The first-order valence-electron chi connectivity index (χ1n) is 11.2. The van der Waals surface area contributed by atoms with Crippen molar-refractivity contribution >= 4 is 80.3 Å². The van der Waals surface area contributed by atoms with Crippen molar-refractivity contribution < 1.29 is 23.9 Å². The zero-order valence-electron chi connectivity index (χ0n) is 20.1. The zero-order chi connectivity index (χ0) is 27.6. The average Bonchev–Trinajstić information content (AvgIpc) is 2.84. The van der Waals surface area contributed by atoms with Gasteiger partial charge in [-0.15, -0.1) is 0 Å². The summed E-state index contributed by atoms with van der Waals surface area (Å²) in [7, 11) is 0. The fourth-order valence-electron chi connectivity index (χ4n) is 3.64. The van der Waals surface area contributed by atoms with E-state index in [0.29, 0.717) is 11.3 Å². The van der Waals surface area contributed by atoms with Crippen molar-refractivity contribution in [2.24, 2.45) is 0 Å². The van der Waals surface area contributed by atoms with Crippen LogP contribution in [0.1, 0.15) is 16.7 Å².